The molecule has 0 aromatic heterocycles. The summed E-state index contributed by atoms with van der Waals surface area (Å²) >= 11 is 7.40. The van der Waals surface area contributed by atoms with Crippen LogP contribution in [0.4, 0.5) is 10.5 Å². The van der Waals surface area contributed by atoms with E-state index in [0.717, 1.165) is 84.9 Å². The number of nitrogens with zero attached hydrogens (tertiary/aromatic N) is 3. The number of ether oxygens (including phenoxy) is 2. The van der Waals surface area contributed by atoms with Gasteiger partial charge in [0.15, 0.2) is 6.23 Å². The van der Waals surface area contributed by atoms with Crippen molar-refractivity contribution < 1.29 is 19.1 Å². The molecule has 7 nitrogen and oxygen atoms in total. The molecule has 214 valence electrons. The van der Waals surface area contributed by atoms with Crippen molar-refractivity contribution >= 4 is 40.3 Å². The maximum atomic E-state index is 12.9. The van der Waals surface area contributed by atoms with E-state index in [9.17, 15) is 9.59 Å². The number of thioether (sulfide) groups is 1. The molecule has 0 radical (unpaired) electrons. The molecule has 1 fully saturated rings. The Morgan fingerprint density at radius 3 is 2.59 bits per heavy atom. The van der Waals surface area contributed by atoms with Gasteiger partial charge in [-0.3, -0.25) is 14.6 Å². The number of carbonyl (C=O) groups excluding carboxylic acids is 2. The number of rotatable bonds is 12. The highest BCUT2D eigenvalue weighted by Crippen LogP contribution is 2.35. The molecule has 0 bridgehead atoms. The molecule has 0 N–H and O–H groups in total. The van der Waals surface area contributed by atoms with E-state index >= 15 is 0 Å². The second kappa shape index (κ2) is 15.4. The number of benzene rings is 1. The van der Waals surface area contributed by atoms with E-state index in [1.165, 1.54) is 0 Å². The molecule has 1 aromatic carbocycles. The van der Waals surface area contributed by atoms with Gasteiger partial charge in [0.05, 0.1) is 17.3 Å². The summed E-state index contributed by atoms with van der Waals surface area (Å²) in [5.74, 6) is 0.646. The molecule has 0 aliphatic carbocycles. The Kier molecular flexibility index (Phi) is 12.3. The molecule has 9 heteroatoms. The third kappa shape index (κ3) is 9.05. The highest BCUT2D eigenvalue weighted by atomic mass is 35.5. The predicted octanol–water partition coefficient (Wildman–Crippen LogP) is 6.44. The summed E-state index contributed by atoms with van der Waals surface area (Å²) in [6.45, 7) is 15.2. The minimum atomic E-state index is -0.647. The monoisotopic (exact) mass is 575 g/mol. The van der Waals surface area contributed by atoms with Crippen molar-refractivity contribution in [3.05, 3.63) is 59.3 Å². The lowest BCUT2D eigenvalue weighted by Gasteiger charge is -2.37. The molecular formula is C30H42ClN3O4S. The lowest BCUT2D eigenvalue weighted by Crippen LogP contribution is -2.48. The normalized spacial score (nSPS) is 17.7. The summed E-state index contributed by atoms with van der Waals surface area (Å²) in [5, 5.41) is 0.370. The molecule has 1 amide bonds. The number of hydrogen-bond donors (Lipinski definition) is 0. The third-order valence-corrected chi connectivity index (χ3v) is 7.81. The van der Waals surface area contributed by atoms with Gasteiger partial charge in [-0.25, -0.2) is 4.79 Å². The lowest BCUT2D eigenvalue weighted by atomic mass is 9.99. The molecule has 1 atom stereocenters. The van der Waals surface area contributed by atoms with Crippen LogP contribution in [0.3, 0.4) is 0 Å². The van der Waals surface area contributed by atoms with Crippen molar-refractivity contribution in [3.8, 4) is 5.75 Å². The van der Waals surface area contributed by atoms with Crippen LogP contribution in [-0.4, -0.2) is 72.8 Å². The van der Waals surface area contributed by atoms with Crippen molar-refractivity contribution in [2.45, 2.75) is 52.7 Å². The maximum absolute atomic E-state index is 12.9. The van der Waals surface area contributed by atoms with Crippen molar-refractivity contribution in [3.63, 3.8) is 0 Å². The van der Waals surface area contributed by atoms with Crippen molar-refractivity contribution in [1.82, 2.24) is 9.80 Å². The number of hydrogen-bond acceptors (Lipinski definition) is 7. The van der Waals surface area contributed by atoms with Crippen molar-refractivity contribution in [2.75, 3.05) is 50.5 Å². The highest BCUT2D eigenvalue weighted by Gasteiger charge is 2.35. The number of anilines is 1. The summed E-state index contributed by atoms with van der Waals surface area (Å²) in [4.78, 5) is 31.4. The minimum Gasteiger partial charge on any atom is -0.494 e. The van der Waals surface area contributed by atoms with Gasteiger partial charge in [0.2, 0.25) is 5.91 Å². The Balaban J connectivity index is 1.48. The smallest absolute Gasteiger partial charge is 0.368 e. The first-order valence-electron chi connectivity index (χ1n) is 13.7. The largest absolute Gasteiger partial charge is 0.494 e. The van der Waals surface area contributed by atoms with Crippen LogP contribution in [0.2, 0.25) is 0 Å². The Labute approximate surface area is 242 Å². The molecule has 0 spiro atoms. The van der Waals surface area contributed by atoms with Crippen LogP contribution >= 0.6 is 23.4 Å². The van der Waals surface area contributed by atoms with Crippen LogP contribution in [0.25, 0.3) is 0 Å². The second-order valence-electron chi connectivity index (χ2n) is 10.3. The predicted molar refractivity (Wildman–Crippen MR) is 162 cm³/mol. The van der Waals surface area contributed by atoms with Gasteiger partial charge in [0.1, 0.15) is 5.75 Å². The molecule has 2 aliphatic rings. The van der Waals surface area contributed by atoms with Gasteiger partial charge in [-0.05, 0) is 68.0 Å². The van der Waals surface area contributed by atoms with Gasteiger partial charge in [0, 0.05) is 50.8 Å². The zero-order valence-corrected chi connectivity index (χ0v) is 25.2. The summed E-state index contributed by atoms with van der Waals surface area (Å²) in [6, 6.07) is 5.90. The van der Waals surface area contributed by atoms with Gasteiger partial charge >= 0.3 is 5.30 Å². The zero-order valence-electron chi connectivity index (χ0n) is 23.7. The van der Waals surface area contributed by atoms with Gasteiger partial charge in [0.25, 0.3) is 0 Å². The Bertz CT molecular complexity index is 1070. The fraction of sp³-hybridized carbons (Fsp3) is 0.533. The zero-order chi connectivity index (χ0) is 28.4. The SMILES string of the molecule is C=C/C=C(C)\C(Cl)=C\N1CCN(CCCCOc2ccc3c(c2)N(C(OC(=O)SC)C(C)C)C(=O)CC3)CC1. The number of unbranched alkanes of at least 4 members (excludes halogenated alkanes) is 1. The van der Waals surface area contributed by atoms with Crippen LogP contribution in [0.5, 0.6) is 5.75 Å². The third-order valence-electron chi connectivity index (χ3n) is 6.99. The fourth-order valence-electron chi connectivity index (χ4n) is 4.74. The van der Waals surface area contributed by atoms with Crippen molar-refractivity contribution in [1.29, 1.82) is 0 Å². The molecule has 2 aliphatic heterocycles. The van der Waals surface area contributed by atoms with E-state index in [0.29, 0.717) is 19.4 Å². The topological polar surface area (TPSA) is 62.3 Å². The molecule has 1 saturated heterocycles. The van der Waals surface area contributed by atoms with Gasteiger partial charge in [-0.2, -0.15) is 0 Å². The first-order chi connectivity index (χ1) is 18.7. The van der Waals surface area contributed by atoms with Crippen LogP contribution < -0.4 is 9.64 Å². The van der Waals surface area contributed by atoms with E-state index < -0.39 is 11.5 Å². The molecular weight excluding hydrogens is 534 g/mol. The number of amides is 1. The quantitative estimate of drug-likeness (QED) is 0.161. The number of fused-ring (bicyclic) bond motifs is 1. The lowest BCUT2D eigenvalue weighted by molar-refractivity contribution is -0.121. The van der Waals surface area contributed by atoms with Crippen LogP contribution in [0, 0.1) is 5.92 Å². The Morgan fingerprint density at radius 2 is 1.92 bits per heavy atom. The average molecular weight is 576 g/mol. The standard InChI is InChI=1S/C30H42ClN3O4S/c1-6-9-23(4)26(31)21-33-17-15-32(16-18-33)14-7-8-19-37-25-12-10-24-11-13-28(35)34(27(24)20-25)29(22(2)3)38-30(36)39-5/h6,9-10,12,20-22,29H,1,7-8,11,13-19H2,2-5H3/b23-9-,26-21-. The van der Waals surface area contributed by atoms with E-state index in [4.69, 9.17) is 21.1 Å². The molecule has 39 heavy (non-hydrogen) atoms. The average Bonchev–Trinajstić information content (AvgIpc) is 2.92. The molecule has 1 unspecified atom stereocenters. The number of carbonyl (C=O) groups is 2. The van der Waals surface area contributed by atoms with E-state index in [2.05, 4.69) is 16.4 Å². The summed E-state index contributed by atoms with van der Waals surface area (Å²) in [5.41, 5.74) is 2.86. The number of aryl methyl sites for hydroxylation is 1. The molecule has 1 aromatic rings. The summed E-state index contributed by atoms with van der Waals surface area (Å²) in [7, 11) is 0. The highest BCUT2D eigenvalue weighted by molar-refractivity contribution is 8.12. The van der Waals surface area contributed by atoms with E-state index in [-0.39, 0.29) is 11.8 Å². The first-order valence-corrected chi connectivity index (χ1v) is 15.3. The Morgan fingerprint density at radius 1 is 1.18 bits per heavy atom. The van der Waals surface area contributed by atoms with Crippen LogP contribution in [-0.2, 0) is 16.0 Å². The summed E-state index contributed by atoms with van der Waals surface area (Å²) < 4.78 is 11.7. The summed E-state index contributed by atoms with van der Waals surface area (Å²) in [6.07, 6.45) is 9.80. The molecule has 3 rings (SSSR count). The van der Waals surface area contributed by atoms with Crippen LogP contribution in [0.1, 0.15) is 45.6 Å². The van der Waals surface area contributed by atoms with Gasteiger partial charge < -0.3 is 14.4 Å². The molecule has 0 saturated carbocycles. The van der Waals surface area contributed by atoms with E-state index in [1.807, 2.05) is 51.2 Å². The maximum Gasteiger partial charge on any atom is 0.368 e. The first kappa shape index (κ1) is 31.1. The van der Waals surface area contributed by atoms with Crippen LogP contribution in [0.15, 0.2) is 53.7 Å². The number of halogens is 1. The Hall–Kier alpha value is -2.42. The van der Waals surface area contributed by atoms with Crippen molar-refractivity contribution in [2.24, 2.45) is 5.92 Å². The second-order valence-corrected chi connectivity index (χ2v) is 11.4. The van der Waals surface area contributed by atoms with Gasteiger partial charge in [-0.1, -0.05) is 50.2 Å². The number of piperazine rings is 1. The van der Waals surface area contributed by atoms with E-state index in [1.54, 1.807) is 17.2 Å². The minimum absolute atomic E-state index is 0.0338. The van der Waals surface area contributed by atoms with Gasteiger partial charge in [-0.15, -0.1) is 0 Å². The number of allylic oxidation sites excluding steroid dienone is 4. The molecule has 2 heterocycles. The fourth-order valence-corrected chi connectivity index (χ4v) is 5.14.